The van der Waals surface area contributed by atoms with Crippen LogP contribution in [0.5, 0.6) is 0 Å². The van der Waals surface area contributed by atoms with E-state index in [0.29, 0.717) is 0 Å². The van der Waals surface area contributed by atoms with Gasteiger partial charge in [-0.15, -0.1) is 0 Å². The summed E-state index contributed by atoms with van der Waals surface area (Å²) in [6, 6.07) is 2.32. The summed E-state index contributed by atoms with van der Waals surface area (Å²) < 4.78 is 0. The Hall–Kier alpha value is -2.71. The number of hydrogen-bond donors (Lipinski definition) is 2. The normalized spacial score (nSPS) is 9.78. The van der Waals surface area contributed by atoms with E-state index in [9.17, 15) is 19.7 Å². The highest BCUT2D eigenvalue weighted by atomic mass is 16.6. The van der Waals surface area contributed by atoms with Crippen LogP contribution in [0.25, 0.3) is 0 Å². The molecular weight excluding hydrogens is 246 g/mol. The van der Waals surface area contributed by atoms with E-state index in [2.05, 4.69) is 4.98 Å². The van der Waals surface area contributed by atoms with Crippen LogP contribution in [-0.2, 0) is 9.59 Å². The quantitative estimate of drug-likeness (QED) is 0.534. The molecule has 0 atom stereocenters. The molecular formula is C9H9N3O6. The van der Waals surface area contributed by atoms with Crippen LogP contribution >= 0.6 is 0 Å². The van der Waals surface area contributed by atoms with Gasteiger partial charge in [0.15, 0.2) is 6.20 Å². The van der Waals surface area contributed by atoms with Crippen molar-refractivity contribution in [3.8, 4) is 0 Å². The summed E-state index contributed by atoms with van der Waals surface area (Å²) in [4.78, 5) is 35.3. The van der Waals surface area contributed by atoms with Crippen molar-refractivity contribution in [1.29, 1.82) is 0 Å². The molecule has 0 unspecified atom stereocenters. The number of carbonyl (C=O) groups is 2. The monoisotopic (exact) mass is 255 g/mol. The number of anilines is 1. The molecule has 0 amide bonds. The third-order valence-electron chi connectivity index (χ3n) is 1.94. The molecule has 1 heterocycles. The molecule has 0 radical (unpaired) electrons. The molecule has 0 aliphatic carbocycles. The zero-order valence-corrected chi connectivity index (χ0v) is 9.02. The first-order valence-corrected chi connectivity index (χ1v) is 4.69. The highest BCUT2D eigenvalue weighted by molar-refractivity contribution is 5.79. The topological polar surface area (TPSA) is 134 Å². The molecule has 9 nitrogen and oxygen atoms in total. The molecule has 2 N–H and O–H groups in total. The SMILES string of the molecule is O=C(O)CN(CC(=O)O)c1ccc([N+](=O)[O-])nc1. The van der Waals surface area contributed by atoms with Crippen molar-refractivity contribution in [3.63, 3.8) is 0 Å². The molecule has 1 rings (SSSR count). The Balaban J connectivity index is 2.93. The van der Waals surface area contributed by atoms with Crippen molar-refractivity contribution in [2.75, 3.05) is 18.0 Å². The van der Waals surface area contributed by atoms with E-state index in [0.717, 1.165) is 17.2 Å². The first kappa shape index (κ1) is 13.4. The van der Waals surface area contributed by atoms with Gasteiger partial charge in [0.1, 0.15) is 13.1 Å². The van der Waals surface area contributed by atoms with Gasteiger partial charge in [0.25, 0.3) is 0 Å². The third-order valence-corrected chi connectivity index (χ3v) is 1.94. The Labute approximate surface area is 100 Å². The summed E-state index contributed by atoms with van der Waals surface area (Å²) >= 11 is 0. The van der Waals surface area contributed by atoms with E-state index in [4.69, 9.17) is 10.2 Å². The highest BCUT2D eigenvalue weighted by Crippen LogP contribution is 2.15. The van der Waals surface area contributed by atoms with Gasteiger partial charge in [-0.1, -0.05) is 0 Å². The number of nitrogens with zero attached hydrogens (tertiary/aromatic N) is 3. The van der Waals surface area contributed by atoms with Crippen molar-refractivity contribution in [2.45, 2.75) is 0 Å². The molecule has 0 saturated heterocycles. The van der Waals surface area contributed by atoms with Crippen molar-refractivity contribution >= 4 is 23.4 Å². The summed E-state index contributed by atoms with van der Waals surface area (Å²) in [5.74, 6) is -2.83. The maximum absolute atomic E-state index is 10.6. The van der Waals surface area contributed by atoms with Gasteiger partial charge in [-0.25, -0.2) is 0 Å². The van der Waals surface area contributed by atoms with Crippen LogP contribution in [0.15, 0.2) is 18.3 Å². The lowest BCUT2D eigenvalue weighted by Crippen LogP contribution is -2.34. The fourth-order valence-corrected chi connectivity index (χ4v) is 1.24. The van der Waals surface area contributed by atoms with Gasteiger partial charge in [-0.2, -0.15) is 0 Å². The zero-order valence-electron chi connectivity index (χ0n) is 9.02. The largest absolute Gasteiger partial charge is 0.480 e. The second-order valence-electron chi connectivity index (χ2n) is 3.28. The number of aliphatic carboxylic acids is 2. The van der Waals surface area contributed by atoms with Crippen molar-refractivity contribution in [2.24, 2.45) is 0 Å². The van der Waals surface area contributed by atoms with Crippen LogP contribution in [0.2, 0.25) is 0 Å². The minimum Gasteiger partial charge on any atom is -0.480 e. The second kappa shape index (κ2) is 5.57. The number of carboxylic acid groups (broad SMARTS) is 2. The summed E-state index contributed by atoms with van der Waals surface area (Å²) in [6.07, 6.45) is 1.06. The van der Waals surface area contributed by atoms with Gasteiger partial charge in [-0.05, 0) is 16.0 Å². The molecule has 0 aliphatic heterocycles. The molecule has 0 bridgehead atoms. The summed E-state index contributed by atoms with van der Waals surface area (Å²) in [5.41, 5.74) is 0.186. The average Bonchev–Trinajstić information content (AvgIpc) is 2.27. The van der Waals surface area contributed by atoms with E-state index in [1.807, 2.05) is 0 Å². The molecule has 0 saturated carbocycles. The number of hydrogen-bond acceptors (Lipinski definition) is 6. The van der Waals surface area contributed by atoms with Crippen LogP contribution in [-0.4, -0.2) is 45.1 Å². The number of aromatic nitrogens is 1. The van der Waals surface area contributed by atoms with E-state index in [-0.39, 0.29) is 5.69 Å². The minimum atomic E-state index is -1.21. The molecule has 0 aromatic carbocycles. The Kier molecular flexibility index (Phi) is 4.13. The molecule has 96 valence electrons. The van der Waals surface area contributed by atoms with Crippen LogP contribution in [0.4, 0.5) is 11.5 Å². The lowest BCUT2D eigenvalue weighted by atomic mass is 10.3. The van der Waals surface area contributed by atoms with E-state index < -0.39 is 35.8 Å². The summed E-state index contributed by atoms with van der Waals surface area (Å²) in [7, 11) is 0. The van der Waals surface area contributed by atoms with Crippen molar-refractivity contribution in [1.82, 2.24) is 4.98 Å². The minimum absolute atomic E-state index is 0.186. The predicted molar refractivity (Wildman–Crippen MR) is 58.4 cm³/mol. The van der Waals surface area contributed by atoms with Crippen LogP contribution in [0.1, 0.15) is 0 Å². The van der Waals surface area contributed by atoms with Gasteiger partial charge in [-0.3, -0.25) is 9.59 Å². The molecule has 0 fully saturated rings. The van der Waals surface area contributed by atoms with E-state index in [1.165, 1.54) is 6.07 Å². The lowest BCUT2D eigenvalue weighted by molar-refractivity contribution is -0.389. The van der Waals surface area contributed by atoms with Crippen LogP contribution in [0.3, 0.4) is 0 Å². The number of carboxylic acids is 2. The second-order valence-corrected chi connectivity index (χ2v) is 3.28. The molecule has 18 heavy (non-hydrogen) atoms. The maximum Gasteiger partial charge on any atom is 0.363 e. The first-order chi connectivity index (χ1) is 8.40. The molecule has 9 heteroatoms. The van der Waals surface area contributed by atoms with Crippen LogP contribution in [0, 0.1) is 10.1 Å². The molecule has 1 aromatic rings. The van der Waals surface area contributed by atoms with Crippen molar-refractivity contribution in [3.05, 3.63) is 28.4 Å². The van der Waals surface area contributed by atoms with Gasteiger partial charge in [0.2, 0.25) is 0 Å². The summed E-state index contributed by atoms with van der Waals surface area (Å²) in [6.45, 7) is -1.07. The smallest absolute Gasteiger partial charge is 0.363 e. The molecule has 0 aliphatic rings. The van der Waals surface area contributed by atoms with Gasteiger partial charge in [0, 0.05) is 6.07 Å². The Morgan fingerprint density at radius 2 is 1.83 bits per heavy atom. The predicted octanol–water partition coefficient (Wildman–Crippen LogP) is -0.0346. The van der Waals surface area contributed by atoms with E-state index >= 15 is 0 Å². The van der Waals surface area contributed by atoms with Crippen molar-refractivity contribution < 1.29 is 24.7 Å². The van der Waals surface area contributed by atoms with Crippen LogP contribution < -0.4 is 4.90 Å². The maximum atomic E-state index is 10.6. The van der Waals surface area contributed by atoms with Gasteiger partial charge in [0.05, 0.1) is 5.69 Å². The third kappa shape index (κ3) is 3.70. The average molecular weight is 255 g/mol. The fraction of sp³-hybridized carbons (Fsp3) is 0.222. The Morgan fingerprint density at radius 3 is 2.17 bits per heavy atom. The first-order valence-electron chi connectivity index (χ1n) is 4.69. The Morgan fingerprint density at radius 1 is 1.28 bits per heavy atom. The lowest BCUT2D eigenvalue weighted by Gasteiger charge is -2.18. The van der Waals surface area contributed by atoms with Gasteiger partial charge >= 0.3 is 17.8 Å². The number of rotatable bonds is 6. The standard InChI is InChI=1S/C9H9N3O6/c13-8(14)4-11(5-9(15)16)6-1-2-7(10-3-6)12(17)18/h1-3H,4-5H2,(H,13,14)(H,15,16). The highest BCUT2D eigenvalue weighted by Gasteiger charge is 2.17. The zero-order chi connectivity index (χ0) is 13.7. The molecule has 1 aromatic heterocycles. The van der Waals surface area contributed by atoms with Gasteiger partial charge < -0.3 is 25.2 Å². The summed E-state index contributed by atoms with van der Waals surface area (Å²) in [5, 5.41) is 27.7. The number of pyridine rings is 1. The fourth-order valence-electron chi connectivity index (χ4n) is 1.24. The van der Waals surface area contributed by atoms with E-state index in [1.54, 1.807) is 0 Å². The number of nitro groups is 1. The molecule has 0 spiro atoms. The Bertz CT molecular complexity index is 456.